The normalized spacial score (nSPS) is 13.0. The summed E-state index contributed by atoms with van der Waals surface area (Å²) in [5, 5.41) is 3.03. The van der Waals surface area contributed by atoms with E-state index in [2.05, 4.69) is 5.32 Å². The fourth-order valence-electron chi connectivity index (χ4n) is 2.59. The predicted octanol–water partition coefficient (Wildman–Crippen LogP) is 4.35. The molecule has 2 atom stereocenters. The maximum Gasteiger partial charge on any atom is 0.261 e. The zero-order chi connectivity index (χ0) is 18.4. The van der Waals surface area contributed by atoms with E-state index in [0.29, 0.717) is 6.42 Å². The molecule has 0 spiro atoms. The SMILES string of the molecule is CC[C@@H](Oc1cc(C)ccc1C)C(=O)N[C@H](C)c1ccc(OC)cc1. The highest BCUT2D eigenvalue weighted by atomic mass is 16.5. The molecule has 0 aliphatic rings. The topological polar surface area (TPSA) is 47.6 Å². The number of aryl methyl sites for hydroxylation is 2. The Morgan fingerprint density at radius 2 is 1.80 bits per heavy atom. The lowest BCUT2D eigenvalue weighted by atomic mass is 10.1. The number of amides is 1. The Labute approximate surface area is 150 Å². The van der Waals surface area contributed by atoms with Gasteiger partial charge in [0.25, 0.3) is 5.91 Å². The number of ether oxygens (including phenoxy) is 2. The van der Waals surface area contributed by atoms with Crippen LogP contribution in [0.4, 0.5) is 0 Å². The standard InChI is InChI=1S/C21H27NO3/c1-6-19(25-20-13-14(2)7-8-15(20)3)21(23)22-16(4)17-9-11-18(24-5)12-10-17/h7-13,16,19H,6H2,1-5H3,(H,22,23)/t16-,19-/m1/s1. The largest absolute Gasteiger partial charge is 0.497 e. The predicted molar refractivity (Wildman–Crippen MR) is 100 cm³/mol. The number of rotatable bonds is 7. The van der Waals surface area contributed by atoms with E-state index in [-0.39, 0.29) is 11.9 Å². The van der Waals surface area contributed by atoms with Crippen molar-refractivity contribution in [3.05, 3.63) is 59.2 Å². The van der Waals surface area contributed by atoms with Crippen molar-refractivity contribution in [2.24, 2.45) is 0 Å². The molecule has 0 radical (unpaired) electrons. The number of nitrogens with one attached hydrogen (secondary N) is 1. The summed E-state index contributed by atoms with van der Waals surface area (Å²) in [6, 6.07) is 13.6. The fourth-order valence-corrected chi connectivity index (χ4v) is 2.59. The molecule has 2 aromatic rings. The van der Waals surface area contributed by atoms with Crippen LogP contribution in [0, 0.1) is 13.8 Å². The van der Waals surface area contributed by atoms with Crippen molar-refractivity contribution in [1.82, 2.24) is 5.32 Å². The van der Waals surface area contributed by atoms with E-state index in [4.69, 9.17) is 9.47 Å². The highest BCUT2D eigenvalue weighted by Gasteiger charge is 2.21. The molecule has 2 aromatic carbocycles. The second kappa shape index (κ2) is 8.56. The lowest BCUT2D eigenvalue weighted by Crippen LogP contribution is -2.39. The first-order valence-corrected chi connectivity index (χ1v) is 8.62. The molecule has 1 N–H and O–H groups in total. The van der Waals surface area contributed by atoms with Crippen LogP contribution in [0.5, 0.6) is 11.5 Å². The van der Waals surface area contributed by atoms with Crippen LogP contribution in [0.25, 0.3) is 0 Å². The van der Waals surface area contributed by atoms with Gasteiger partial charge in [-0.25, -0.2) is 0 Å². The van der Waals surface area contributed by atoms with Crippen LogP contribution in [0.2, 0.25) is 0 Å². The van der Waals surface area contributed by atoms with Crippen molar-refractivity contribution >= 4 is 5.91 Å². The summed E-state index contributed by atoms with van der Waals surface area (Å²) in [4.78, 5) is 12.6. The highest BCUT2D eigenvalue weighted by molar-refractivity contribution is 5.81. The van der Waals surface area contributed by atoms with Gasteiger partial charge < -0.3 is 14.8 Å². The maximum absolute atomic E-state index is 12.6. The molecule has 1 amide bonds. The van der Waals surface area contributed by atoms with Crippen LogP contribution < -0.4 is 14.8 Å². The number of carbonyl (C=O) groups is 1. The van der Waals surface area contributed by atoms with Crippen LogP contribution in [0.15, 0.2) is 42.5 Å². The second-order valence-corrected chi connectivity index (χ2v) is 6.29. The van der Waals surface area contributed by atoms with Gasteiger partial charge in [0.1, 0.15) is 11.5 Å². The monoisotopic (exact) mass is 341 g/mol. The molecule has 0 fully saturated rings. The Hall–Kier alpha value is -2.49. The molecule has 0 unspecified atom stereocenters. The molecular formula is C21H27NO3. The molecule has 0 saturated heterocycles. The Bertz CT molecular complexity index is 710. The fraction of sp³-hybridized carbons (Fsp3) is 0.381. The van der Waals surface area contributed by atoms with E-state index in [9.17, 15) is 4.79 Å². The van der Waals surface area contributed by atoms with Crippen molar-refractivity contribution in [2.45, 2.75) is 46.3 Å². The first-order valence-electron chi connectivity index (χ1n) is 8.62. The summed E-state index contributed by atoms with van der Waals surface area (Å²) in [6.45, 7) is 7.91. The van der Waals surface area contributed by atoms with Crippen molar-refractivity contribution in [1.29, 1.82) is 0 Å². The molecule has 4 heteroatoms. The summed E-state index contributed by atoms with van der Waals surface area (Å²) in [7, 11) is 1.64. The van der Waals surface area contributed by atoms with Crippen LogP contribution >= 0.6 is 0 Å². The summed E-state index contributed by atoms with van der Waals surface area (Å²) in [5.74, 6) is 1.46. The zero-order valence-electron chi connectivity index (χ0n) is 15.6. The van der Waals surface area contributed by atoms with E-state index < -0.39 is 6.10 Å². The van der Waals surface area contributed by atoms with Gasteiger partial charge in [-0.3, -0.25) is 4.79 Å². The van der Waals surface area contributed by atoms with E-state index >= 15 is 0 Å². The molecular weight excluding hydrogens is 314 g/mol. The summed E-state index contributed by atoms with van der Waals surface area (Å²) < 4.78 is 11.1. The highest BCUT2D eigenvalue weighted by Crippen LogP contribution is 2.22. The lowest BCUT2D eigenvalue weighted by Gasteiger charge is -2.22. The third-order valence-electron chi connectivity index (χ3n) is 4.25. The summed E-state index contributed by atoms with van der Waals surface area (Å²) in [6.07, 6.45) is 0.0929. The number of benzene rings is 2. The minimum atomic E-state index is -0.513. The zero-order valence-corrected chi connectivity index (χ0v) is 15.6. The Morgan fingerprint density at radius 3 is 2.40 bits per heavy atom. The van der Waals surface area contributed by atoms with Gasteiger partial charge in [-0.15, -0.1) is 0 Å². The minimum Gasteiger partial charge on any atom is -0.497 e. The second-order valence-electron chi connectivity index (χ2n) is 6.29. The molecule has 134 valence electrons. The van der Waals surface area contributed by atoms with Crippen molar-refractivity contribution in [2.75, 3.05) is 7.11 Å². The van der Waals surface area contributed by atoms with Crippen LogP contribution in [0.3, 0.4) is 0 Å². The number of carbonyl (C=O) groups excluding carboxylic acids is 1. The Balaban J connectivity index is 2.04. The number of methoxy groups -OCH3 is 1. The van der Waals surface area contributed by atoms with Gasteiger partial charge >= 0.3 is 0 Å². The quantitative estimate of drug-likeness (QED) is 0.814. The maximum atomic E-state index is 12.6. The minimum absolute atomic E-state index is 0.102. The van der Waals surface area contributed by atoms with E-state index in [1.807, 2.05) is 70.2 Å². The van der Waals surface area contributed by atoms with Crippen LogP contribution in [-0.2, 0) is 4.79 Å². The first kappa shape index (κ1) is 18.8. The van der Waals surface area contributed by atoms with Crippen molar-refractivity contribution < 1.29 is 14.3 Å². The van der Waals surface area contributed by atoms with E-state index in [1.165, 1.54) is 0 Å². The smallest absolute Gasteiger partial charge is 0.261 e. The number of hydrogen-bond donors (Lipinski definition) is 1. The van der Waals surface area contributed by atoms with Crippen LogP contribution in [-0.4, -0.2) is 19.1 Å². The molecule has 25 heavy (non-hydrogen) atoms. The molecule has 4 nitrogen and oxygen atoms in total. The van der Waals surface area contributed by atoms with Gasteiger partial charge in [0, 0.05) is 0 Å². The average Bonchev–Trinajstić information content (AvgIpc) is 2.62. The molecule has 2 rings (SSSR count). The summed E-state index contributed by atoms with van der Waals surface area (Å²) >= 11 is 0. The molecule has 0 bridgehead atoms. The average molecular weight is 341 g/mol. The number of hydrogen-bond acceptors (Lipinski definition) is 3. The molecule has 0 saturated carbocycles. The lowest BCUT2D eigenvalue weighted by molar-refractivity contribution is -0.128. The van der Waals surface area contributed by atoms with E-state index in [0.717, 1.165) is 28.2 Å². The van der Waals surface area contributed by atoms with Gasteiger partial charge in [0.2, 0.25) is 0 Å². The Kier molecular flexibility index (Phi) is 6.45. The van der Waals surface area contributed by atoms with Crippen molar-refractivity contribution in [3.63, 3.8) is 0 Å². The third kappa shape index (κ3) is 4.99. The van der Waals surface area contributed by atoms with Gasteiger partial charge in [-0.1, -0.05) is 31.2 Å². The van der Waals surface area contributed by atoms with Gasteiger partial charge in [0.05, 0.1) is 13.2 Å². The Morgan fingerprint density at radius 1 is 1.12 bits per heavy atom. The summed E-state index contributed by atoms with van der Waals surface area (Å²) in [5.41, 5.74) is 3.17. The van der Waals surface area contributed by atoms with Crippen LogP contribution in [0.1, 0.15) is 43.0 Å². The van der Waals surface area contributed by atoms with E-state index in [1.54, 1.807) is 7.11 Å². The molecule has 0 aliphatic carbocycles. The van der Waals surface area contributed by atoms with Gasteiger partial charge in [-0.2, -0.15) is 0 Å². The molecule has 0 aliphatic heterocycles. The van der Waals surface area contributed by atoms with Gasteiger partial charge in [0.15, 0.2) is 6.10 Å². The third-order valence-corrected chi connectivity index (χ3v) is 4.25. The molecule has 0 aromatic heterocycles. The first-order chi connectivity index (χ1) is 11.9. The van der Waals surface area contributed by atoms with Crippen molar-refractivity contribution in [3.8, 4) is 11.5 Å². The van der Waals surface area contributed by atoms with Gasteiger partial charge in [-0.05, 0) is 62.1 Å². The molecule has 0 heterocycles.